The van der Waals surface area contributed by atoms with E-state index < -0.39 is 11.7 Å². The summed E-state index contributed by atoms with van der Waals surface area (Å²) in [5.41, 5.74) is 0.274. The van der Waals surface area contributed by atoms with Crippen molar-refractivity contribution in [1.82, 2.24) is 10.3 Å². The first-order valence-electron chi connectivity index (χ1n) is 11.5. The zero-order chi connectivity index (χ0) is 24.1. The smallest absolute Gasteiger partial charge is 0.384 e. The molecular weight excluding hydrogens is 469 g/mol. The van der Waals surface area contributed by atoms with Crippen LogP contribution in [0.25, 0.3) is 11.1 Å². The van der Waals surface area contributed by atoms with Gasteiger partial charge in [0, 0.05) is 43.8 Å². The van der Waals surface area contributed by atoms with Gasteiger partial charge in [-0.1, -0.05) is 17.7 Å². The van der Waals surface area contributed by atoms with Crippen LogP contribution in [0.5, 0.6) is 0 Å². The summed E-state index contributed by atoms with van der Waals surface area (Å²) in [5, 5.41) is 9.29. The van der Waals surface area contributed by atoms with Crippen LogP contribution >= 0.6 is 11.6 Å². The van der Waals surface area contributed by atoms with Gasteiger partial charge in [0.15, 0.2) is 0 Å². The first-order chi connectivity index (χ1) is 16.3. The molecule has 0 aliphatic carbocycles. The average molecular weight is 497 g/mol. The van der Waals surface area contributed by atoms with Gasteiger partial charge in [-0.15, -0.1) is 0 Å². The Morgan fingerprint density at radius 2 is 2.00 bits per heavy atom. The van der Waals surface area contributed by atoms with Gasteiger partial charge in [0.2, 0.25) is 5.91 Å². The molecule has 1 atom stereocenters. The predicted octanol–water partition coefficient (Wildman–Crippen LogP) is 5.20. The van der Waals surface area contributed by atoms with Crippen molar-refractivity contribution >= 4 is 29.0 Å². The number of pyridine rings is 1. The quantitative estimate of drug-likeness (QED) is 0.512. The van der Waals surface area contributed by atoms with Gasteiger partial charge >= 0.3 is 6.18 Å². The molecule has 34 heavy (non-hydrogen) atoms. The van der Waals surface area contributed by atoms with Crippen LogP contribution in [0.15, 0.2) is 30.5 Å². The van der Waals surface area contributed by atoms with Gasteiger partial charge in [0.1, 0.15) is 5.82 Å². The van der Waals surface area contributed by atoms with Crippen LogP contribution in [0.3, 0.4) is 0 Å². The topological polar surface area (TPSA) is 75.3 Å². The maximum Gasteiger partial charge on any atom is 0.418 e. The Morgan fingerprint density at radius 1 is 1.21 bits per heavy atom. The summed E-state index contributed by atoms with van der Waals surface area (Å²) in [7, 11) is 0. The molecule has 184 valence electrons. The summed E-state index contributed by atoms with van der Waals surface area (Å²) in [4.78, 5) is 16.8. The van der Waals surface area contributed by atoms with E-state index in [2.05, 4.69) is 20.9 Å². The molecule has 0 unspecified atom stereocenters. The summed E-state index contributed by atoms with van der Waals surface area (Å²) in [6.07, 6.45) is 0.241. The molecule has 10 heteroatoms. The molecule has 2 fully saturated rings. The molecule has 6 nitrogen and oxygen atoms in total. The number of nitrogens with one attached hydrogen (secondary N) is 3. The van der Waals surface area contributed by atoms with Gasteiger partial charge in [-0.2, -0.15) is 13.2 Å². The Hall–Kier alpha value is -2.36. The summed E-state index contributed by atoms with van der Waals surface area (Å²) in [6, 6.07) is 5.51. The van der Waals surface area contributed by atoms with E-state index in [1.807, 2.05) is 0 Å². The summed E-state index contributed by atoms with van der Waals surface area (Å²) in [5.74, 6) is 0.270. The Balaban J connectivity index is 1.57. The number of benzene rings is 1. The standard InChI is InChI=1S/C24H28ClF3N4O2/c25-20-14-31-22(32-23(33)17-2-1-7-29-13-17)11-18(20)16-3-4-19(24(26,27)28)21(10-16)30-12-15-5-8-34-9-6-15/h3-4,10-11,14-15,17,29-30H,1-2,5-9,12-13H2,(H,31,32,33)/t17-/m1/s1. The van der Waals surface area contributed by atoms with Crippen LogP contribution in [0.1, 0.15) is 31.2 Å². The third-order valence-corrected chi connectivity index (χ3v) is 6.63. The highest BCUT2D eigenvalue weighted by atomic mass is 35.5. The van der Waals surface area contributed by atoms with Crippen molar-refractivity contribution in [2.75, 3.05) is 43.5 Å². The van der Waals surface area contributed by atoms with E-state index in [4.69, 9.17) is 16.3 Å². The van der Waals surface area contributed by atoms with Gasteiger partial charge in [-0.3, -0.25) is 4.79 Å². The largest absolute Gasteiger partial charge is 0.418 e. The lowest BCUT2D eigenvalue weighted by atomic mass is 9.98. The first-order valence-corrected chi connectivity index (χ1v) is 11.9. The summed E-state index contributed by atoms with van der Waals surface area (Å²) in [6.45, 7) is 3.17. The van der Waals surface area contributed by atoms with E-state index in [9.17, 15) is 18.0 Å². The molecule has 0 radical (unpaired) electrons. The van der Waals surface area contributed by atoms with Crippen LogP contribution in [-0.2, 0) is 15.7 Å². The van der Waals surface area contributed by atoms with E-state index in [1.54, 1.807) is 6.07 Å². The molecule has 1 aromatic heterocycles. The number of carbonyl (C=O) groups excluding carboxylic acids is 1. The van der Waals surface area contributed by atoms with Crippen LogP contribution in [0.2, 0.25) is 5.02 Å². The molecular formula is C24H28ClF3N4O2. The van der Waals surface area contributed by atoms with Gasteiger partial charge in [0.25, 0.3) is 0 Å². The molecule has 2 aromatic rings. The average Bonchev–Trinajstić information content (AvgIpc) is 2.84. The predicted molar refractivity (Wildman–Crippen MR) is 126 cm³/mol. The molecule has 0 saturated carbocycles. The van der Waals surface area contributed by atoms with Crippen LogP contribution in [0, 0.1) is 11.8 Å². The van der Waals surface area contributed by atoms with Crippen molar-refractivity contribution in [1.29, 1.82) is 0 Å². The van der Waals surface area contributed by atoms with Gasteiger partial charge in [-0.05, 0) is 61.9 Å². The fourth-order valence-electron chi connectivity index (χ4n) is 4.34. The van der Waals surface area contributed by atoms with Crippen molar-refractivity contribution < 1.29 is 22.7 Å². The number of ether oxygens (including phenoxy) is 1. The number of carbonyl (C=O) groups is 1. The summed E-state index contributed by atoms with van der Waals surface area (Å²) >= 11 is 6.36. The highest BCUT2D eigenvalue weighted by molar-refractivity contribution is 6.33. The molecule has 0 bridgehead atoms. The number of piperidine rings is 1. The second kappa shape index (κ2) is 10.9. The number of halogens is 4. The number of anilines is 2. The molecule has 2 saturated heterocycles. The lowest BCUT2D eigenvalue weighted by Crippen LogP contribution is -2.37. The van der Waals surface area contributed by atoms with Crippen molar-refractivity contribution in [3.05, 3.63) is 41.0 Å². The number of hydrogen-bond donors (Lipinski definition) is 3. The molecule has 1 aromatic carbocycles. The first kappa shape index (κ1) is 24.8. The van der Waals surface area contributed by atoms with E-state index in [-0.39, 0.29) is 28.5 Å². The lowest BCUT2D eigenvalue weighted by Gasteiger charge is -2.24. The maximum absolute atomic E-state index is 13.7. The number of aromatic nitrogens is 1. The molecule has 2 aliphatic rings. The zero-order valence-electron chi connectivity index (χ0n) is 18.7. The fraction of sp³-hybridized carbons (Fsp3) is 0.500. The monoisotopic (exact) mass is 496 g/mol. The maximum atomic E-state index is 13.7. The summed E-state index contributed by atoms with van der Waals surface area (Å²) < 4.78 is 46.3. The lowest BCUT2D eigenvalue weighted by molar-refractivity contribution is -0.137. The minimum atomic E-state index is -4.49. The molecule has 3 heterocycles. The number of rotatable bonds is 6. The van der Waals surface area contributed by atoms with Crippen molar-refractivity contribution in [3.8, 4) is 11.1 Å². The Labute approximate surface area is 201 Å². The zero-order valence-corrected chi connectivity index (χ0v) is 19.4. The van der Waals surface area contributed by atoms with E-state index in [1.165, 1.54) is 18.3 Å². The third-order valence-electron chi connectivity index (χ3n) is 6.33. The number of hydrogen-bond acceptors (Lipinski definition) is 5. The fourth-order valence-corrected chi connectivity index (χ4v) is 4.55. The second-order valence-electron chi connectivity index (χ2n) is 8.78. The molecule has 4 rings (SSSR count). The molecule has 3 N–H and O–H groups in total. The highest BCUT2D eigenvalue weighted by Crippen LogP contribution is 2.39. The molecule has 1 amide bonds. The van der Waals surface area contributed by atoms with E-state index in [0.717, 1.165) is 38.3 Å². The highest BCUT2D eigenvalue weighted by Gasteiger charge is 2.34. The van der Waals surface area contributed by atoms with Crippen LogP contribution < -0.4 is 16.0 Å². The third kappa shape index (κ3) is 6.20. The van der Waals surface area contributed by atoms with E-state index in [0.29, 0.717) is 43.2 Å². The SMILES string of the molecule is O=C(Nc1cc(-c2ccc(C(F)(F)F)c(NCC3CCOCC3)c2)c(Cl)cn1)[C@@H]1CCCNC1. The minimum absolute atomic E-state index is 0.00300. The number of amides is 1. The van der Waals surface area contributed by atoms with Crippen LogP contribution in [0.4, 0.5) is 24.7 Å². The number of nitrogens with zero attached hydrogens (tertiary/aromatic N) is 1. The van der Waals surface area contributed by atoms with Gasteiger partial charge in [-0.25, -0.2) is 4.98 Å². The van der Waals surface area contributed by atoms with Crippen LogP contribution in [-0.4, -0.2) is 43.7 Å². The normalized spacial score (nSPS) is 19.6. The Morgan fingerprint density at radius 3 is 2.71 bits per heavy atom. The number of alkyl halides is 3. The van der Waals surface area contributed by atoms with Crippen molar-refractivity contribution in [2.45, 2.75) is 31.9 Å². The van der Waals surface area contributed by atoms with E-state index >= 15 is 0 Å². The minimum Gasteiger partial charge on any atom is -0.384 e. The second-order valence-corrected chi connectivity index (χ2v) is 9.18. The van der Waals surface area contributed by atoms with Crippen molar-refractivity contribution in [2.24, 2.45) is 11.8 Å². The Bertz CT molecular complexity index is 1010. The molecule has 0 spiro atoms. The van der Waals surface area contributed by atoms with Crippen molar-refractivity contribution in [3.63, 3.8) is 0 Å². The van der Waals surface area contributed by atoms with Gasteiger partial charge in [0.05, 0.1) is 16.5 Å². The van der Waals surface area contributed by atoms with Gasteiger partial charge < -0.3 is 20.7 Å². The molecule has 2 aliphatic heterocycles. The Kier molecular flexibility index (Phi) is 7.95.